The second kappa shape index (κ2) is 9.54. The van der Waals surface area contributed by atoms with Crippen molar-refractivity contribution in [1.82, 2.24) is 14.7 Å². The summed E-state index contributed by atoms with van der Waals surface area (Å²) in [4.78, 5) is 32.7. The lowest BCUT2D eigenvalue weighted by Gasteiger charge is -2.36. The minimum absolute atomic E-state index is 0.0524. The van der Waals surface area contributed by atoms with Crippen molar-refractivity contribution < 1.29 is 9.59 Å². The Kier molecular flexibility index (Phi) is 6.80. The Hall–Kier alpha value is -1.83. The molecule has 1 aromatic heterocycles. The Labute approximate surface area is 187 Å². The van der Waals surface area contributed by atoms with E-state index in [4.69, 9.17) is 0 Å². The third-order valence-electron chi connectivity index (χ3n) is 5.92. The first kappa shape index (κ1) is 21.4. The van der Waals surface area contributed by atoms with Crippen LogP contribution < -0.4 is 0 Å². The lowest BCUT2D eigenvalue weighted by atomic mass is 10.1. The van der Waals surface area contributed by atoms with E-state index in [2.05, 4.69) is 47.9 Å². The highest BCUT2D eigenvalue weighted by molar-refractivity contribution is 8.01. The van der Waals surface area contributed by atoms with E-state index in [9.17, 15) is 9.59 Å². The number of carbonyl (C=O) groups is 2. The molecule has 0 aliphatic carbocycles. The fourth-order valence-electron chi connectivity index (χ4n) is 4.06. The molecule has 0 radical (unpaired) electrons. The average molecular weight is 444 g/mol. The molecule has 2 unspecified atom stereocenters. The van der Waals surface area contributed by atoms with E-state index in [1.54, 1.807) is 11.8 Å². The summed E-state index contributed by atoms with van der Waals surface area (Å²) in [6.45, 7) is 8.99. The number of hydrogen-bond donors (Lipinski definition) is 0. The first-order chi connectivity index (χ1) is 14.6. The fraction of sp³-hybridized carbons (Fsp3) is 0.478. The standard InChI is InChI=1S/C23H29N3O2S2/c1-3-19-22(28)26(23(30-19)18-8-6-17(2)7-9-18)15-12-24-10-13-25(14-11-24)21(27)20-5-4-16-29-20/h4-9,16,19,23H,3,10-15H2,1-2H3. The van der Waals surface area contributed by atoms with E-state index in [-0.39, 0.29) is 22.4 Å². The van der Waals surface area contributed by atoms with Crippen LogP contribution in [0.4, 0.5) is 0 Å². The molecule has 2 amide bonds. The minimum atomic E-state index is 0.0524. The number of thioether (sulfide) groups is 1. The van der Waals surface area contributed by atoms with Gasteiger partial charge in [-0.15, -0.1) is 23.1 Å². The van der Waals surface area contributed by atoms with Gasteiger partial charge in [-0.2, -0.15) is 0 Å². The molecule has 2 aromatic rings. The van der Waals surface area contributed by atoms with E-state index in [0.29, 0.717) is 0 Å². The van der Waals surface area contributed by atoms with Gasteiger partial charge in [-0.05, 0) is 30.4 Å². The van der Waals surface area contributed by atoms with Crippen LogP contribution in [0.5, 0.6) is 0 Å². The van der Waals surface area contributed by atoms with Crippen LogP contribution in [0.3, 0.4) is 0 Å². The molecule has 1 aromatic carbocycles. The highest BCUT2D eigenvalue weighted by atomic mass is 32.2. The van der Waals surface area contributed by atoms with Crippen molar-refractivity contribution in [2.45, 2.75) is 30.9 Å². The second-order valence-corrected chi connectivity index (χ2v) is 10.2. The fourth-order valence-corrected chi connectivity index (χ4v) is 6.17. The molecular formula is C23H29N3O2S2. The van der Waals surface area contributed by atoms with Crippen molar-refractivity contribution in [3.8, 4) is 0 Å². The van der Waals surface area contributed by atoms with Crippen LogP contribution in [-0.4, -0.2) is 71.0 Å². The molecule has 2 saturated heterocycles. The molecule has 7 heteroatoms. The number of carbonyl (C=O) groups excluding carboxylic acids is 2. The molecule has 2 fully saturated rings. The van der Waals surface area contributed by atoms with Gasteiger partial charge in [0.1, 0.15) is 5.37 Å². The Morgan fingerprint density at radius 2 is 1.80 bits per heavy atom. The normalized spacial score (nSPS) is 22.7. The van der Waals surface area contributed by atoms with Crippen LogP contribution in [0.25, 0.3) is 0 Å². The monoisotopic (exact) mass is 443 g/mol. The molecular weight excluding hydrogens is 414 g/mol. The molecule has 160 valence electrons. The van der Waals surface area contributed by atoms with E-state index in [0.717, 1.165) is 50.6 Å². The maximum Gasteiger partial charge on any atom is 0.264 e. The molecule has 2 aliphatic rings. The highest BCUT2D eigenvalue weighted by Crippen LogP contribution is 2.44. The van der Waals surface area contributed by atoms with Gasteiger partial charge in [0.05, 0.1) is 10.1 Å². The minimum Gasteiger partial charge on any atom is -0.335 e. The van der Waals surface area contributed by atoms with Crippen LogP contribution in [-0.2, 0) is 4.79 Å². The van der Waals surface area contributed by atoms with Crippen molar-refractivity contribution >= 4 is 34.9 Å². The quantitative estimate of drug-likeness (QED) is 0.680. The van der Waals surface area contributed by atoms with Gasteiger partial charge in [0.15, 0.2) is 0 Å². The maximum absolute atomic E-state index is 13.0. The van der Waals surface area contributed by atoms with Crippen molar-refractivity contribution in [1.29, 1.82) is 0 Å². The molecule has 2 atom stereocenters. The Morgan fingerprint density at radius 1 is 1.07 bits per heavy atom. The van der Waals surface area contributed by atoms with Crippen LogP contribution in [0.15, 0.2) is 41.8 Å². The summed E-state index contributed by atoms with van der Waals surface area (Å²) in [6.07, 6.45) is 0.867. The predicted octanol–water partition coefficient (Wildman–Crippen LogP) is 3.87. The second-order valence-electron chi connectivity index (χ2n) is 7.94. The molecule has 30 heavy (non-hydrogen) atoms. The lowest BCUT2D eigenvalue weighted by Crippen LogP contribution is -2.50. The van der Waals surface area contributed by atoms with Gasteiger partial charge in [-0.3, -0.25) is 14.5 Å². The van der Waals surface area contributed by atoms with Crippen LogP contribution in [0.2, 0.25) is 0 Å². The average Bonchev–Trinajstić information content (AvgIpc) is 3.41. The van der Waals surface area contributed by atoms with Gasteiger partial charge in [0, 0.05) is 39.3 Å². The first-order valence-corrected chi connectivity index (χ1v) is 12.5. The Bertz CT molecular complexity index is 861. The number of hydrogen-bond acceptors (Lipinski definition) is 5. The van der Waals surface area contributed by atoms with E-state index in [1.165, 1.54) is 22.5 Å². The van der Waals surface area contributed by atoms with Gasteiger partial charge in [0.2, 0.25) is 5.91 Å². The summed E-state index contributed by atoms with van der Waals surface area (Å²) in [7, 11) is 0. The van der Waals surface area contributed by atoms with Crippen LogP contribution in [0, 0.1) is 6.92 Å². The van der Waals surface area contributed by atoms with Gasteiger partial charge in [-0.25, -0.2) is 0 Å². The lowest BCUT2D eigenvalue weighted by molar-refractivity contribution is -0.130. The van der Waals surface area contributed by atoms with Crippen LogP contribution in [0.1, 0.15) is 39.5 Å². The maximum atomic E-state index is 13.0. The third kappa shape index (κ3) is 4.58. The summed E-state index contributed by atoms with van der Waals surface area (Å²) >= 11 is 3.28. The topological polar surface area (TPSA) is 43.9 Å². The van der Waals surface area contributed by atoms with Gasteiger partial charge in [0.25, 0.3) is 5.91 Å². The number of benzene rings is 1. The molecule has 2 aliphatic heterocycles. The number of rotatable bonds is 6. The van der Waals surface area contributed by atoms with E-state index < -0.39 is 0 Å². The number of aryl methyl sites for hydroxylation is 1. The van der Waals surface area contributed by atoms with Gasteiger partial charge < -0.3 is 9.80 Å². The van der Waals surface area contributed by atoms with Crippen molar-refractivity contribution in [2.24, 2.45) is 0 Å². The van der Waals surface area contributed by atoms with E-state index in [1.807, 2.05) is 22.4 Å². The van der Waals surface area contributed by atoms with Gasteiger partial charge >= 0.3 is 0 Å². The molecule has 3 heterocycles. The SMILES string of the molecule is CCC1SC(c2ccc(C)cc2)N(CCN2CCN(C(=O)c3cccs3)CC2)C1=O. The largest absolute Gasteiger partial charge is 0.335 e. The Balaban J connectivity index is 1.34. The number of nitrogens with zero attached hydrogens (tertiary/aromatic N) is 3. The van der Waals surface area contributed by atoms with E-state index >= 15 is 0 Å². The molecule has 4 rings (SSSR count). The summed E-state index contributed by atoms with van der Waals surface area (Å²) in [5.41, 5.74) is 2.45. The van der Waals surface area contributed by atoms with Crippen molar-refractivity contribution in [3.63, 3.8) is 0 Å². The molecule has 5 nitrogen and oxygen atoms in total. The molecule has 0 bridgehead atoms. The van der Waals surface area contributed by atoms with Crippen molar-refractivity contribution in [2.75, 3.05) is 39.3 Å². The summed E-state index contributed by atoms with van der Waals surface area (Å²) < 4.78 is 0. The number of piperazine rings is 1. The van der Waals surface area contributed by atoms with Gasteiger partial charge in [-0.1, -0.05) is 42.8 Å². The Morgan fingerprint density at radius 3 is 2.43 bits per heavy atom. The molecule has 0 saturated carbocycles. The number of amides is 2. The first-order valence-electron chi connectivity index (χ1n) is 10.6. The van der Waals surface area contributed by atoms with Crippen molar-refractivity contribution in [3.05, 3.63) is 57.8 Å². The van der Waals surface area contributed by atoms with Crippen LogP contribution >= 0.6 is 23.1 Å². The summed E-state index contributed by atoms with van der Waals surface area (Å²) in [6, 6.07) is 12.4. The zero-order valence-electron chi connectivity index (χ0n) is 17.6. The third-order valence-corrected chi connectivity index (χ3v) is 8.42. The predicted molar refractivity (Wildman–Crippen MR) is 124 cm³/mol. The number of thiophene rings is 1. The highest BCUT2D eigenvalue weighted by Gasteiger charge is 2.39. The smallest absolute Gasteiger partial charge is 0.264 e. The summed E-state index contributed by atoms with van der Waals surface area (Å²) in [5, 5.41) is 2.10. The zero-order valence-corrected chi connectivity index (χ0v) is 19.3. The molecule has 0 N–H and O–H groups in total. The zero-order chi connectivity index (χ0) is 21.1. The summed E-state index contributed by atoms with van der Waals surface area (Å²) in [5.74, 6) is 0.403. The molecule has 0 spiro atoms.